The van der Waals surface area contributed by atoms with Crippen LogP contribution < -0.4 is 14.2 Å². The van der Waals surface area contributed by atoms with Crippen LogP contribution in [0, 0.1) is 23.0 Å². The number of rotatable bonds is 14. The molecule has 0 saturated carbocycles. The van der Waals surface area contributed by atoms with Crippen molar-refractivity contribution in [2.24, 2.45) is 11.3 Å². The largest absolute Gasteiger partial charge is 0.493 e. The number of carbonyl (C=O) groups is 2. The van der Waals surface area contributed by atoms with Crippen molar-refractivity contribution < 1.29 is 37.0 Å². The van der Waals surface area contributed by atoms with Gasteiger partial charge in [0.2, 0.25) is 17.4 Å². The number of nitrogens with zero attached hydrogens (tertiary/aromatic N) is 4. The molecule has 53 heavy (non-hydrogen) atoms. The Morgan fingerprint density at radius 1 is 0.925 bits per heavy atom. The molecular formula is C41H44F2N4O6. The van der Waals surface area contributed by atoms with E-state index in [2.05, 4.69) is 4.90 Å². The molecule has 0 aliphatic carbocycles. The lowest BCUT2D eigenvalue weighted by Crippen LogP contribution is -2.42. The fourth-order valence-electron chi connectivity index (χ4n) is 7.96. The smallest absolute Gasteiger partial charge is 0.229 e. The number of furan rings is 1. The first kappa shape index (κ1) is 36.1. The van der Waals surface area contributed by atoms with Crippen LogP contribution in [0.4, 0.5) is 8.78 Å². The van der Waals surface area contributed by atoms with Gasteiger partial charge in [0, 0.05) is 25.1 Å². The Labute approximate surface area is 307 Å². The van der Waals surface area contributed by atoms with Crippen LogP contribution in [0.3, 0.4) is 0 Å². The number of piperidine rings is 1. The fraction of sp³-hybridized carbons (Fsp3) is 0.390. The first-order valence-electron chi connectivity index (χ1n) is 18.0. The standard InChI is InChI=1S/C41H44F2N4O6/c1-50-35-21-27(22-36(51-2)38(35)52-3)25-46-19-15-41(40(46)49,24-29-10-11-30(42)23-32(29)43)14-18-45-16-12-28(13-17-45)37(48)39-44-33-8-4-5-9-34(33)47(39)26-31-7-6-20-53-31/h4-11,20-23,28H,12-19,24-26H2,1-3H3. The topological polar surface area (TPSA) is 99.3 Å². The zero-order valence-corrected chi connectivity index (χ0v) is 30.3. The number of amides is 1. The second kappa shape index (κ2) is 15.4. The first-order chi connectivity index (χ1) is 25.7. The molecule has 2 aliphatic rings. The highest BCUT2D eigenvalue weighted by atomic mass is 19.1. The highest BCUT2D eigenvalue weighted by Crippen LogP contribution is 2.43. The van der Waals surface area contributed by atoms with E-state index in [0.717, 1.165) is 28.4 Å². The molecule has 0 N–H and O–H groups in total. The van der Waals surface area contributed by atoms with Gasteiger partial charge in [-0.3, -0.25) is 9.59 Å². The molecule has 2 fully saturated rings. The summed E-state index contributed by atoms with van der Waals surface area (Å²) in [5.41, 5.74) is 1.89. The molecule has 0 radical (unpaired) electrons. The summed E-state index contributed by atoms with van der Waals surface area (Å²) in [7, 11) is 4.62. The molecule has 2 saturated heterocycles. The van der Waals surface area contributed by atoms with Crippen LogP contribution >= 0.6 is 0 Å². The number of fused-ring (bicyclic) bond motifs is 1. The van der Waals surface area contributed by atoms with Gasteiger partial charge in [-0.15, -0.1) is 0 Å². The molecule has 2 aromatic heterocycles. The van der Waals surface area contributed by atoms with Gasteiger partial charge in [-0.25, -0.2) is 13.8 Å². The summed E-state index contributed by atoms with van der Waals surface area (Å²) in [5.74, 6) is 1.07. The zero-order chi connectivity index (χ0) is 37.1. The summed E-state index contributed by atoms with van der Waals surface area (Å²) in [5, 5.41) is 0. The minimum Gasteiger partial charge on any atom is -0.493 e. The van der Waals surface area contributed by atoms with E-state index in [1.165, 1.54) is 19.2 Å². The third kappa shape index (κ3) is 7.37. The number of imidazole rings is 1. The van der Waals surface area contributed by atoms with E-state index in [4.69, 9.17) is 23.6 Å². The molecule has 0 bridgehead atoms. The van der Waals surface area contributed by atoms with E-state index in [0.29, 0.717) is 93.6 Å². The molecule has 12 heteroatoms. The van der Waals surface area contributed by atoms with E-state index in [-0.39, 0.29) is 24.0 Å². The summed E-state index contributed by atoms with van der Waals surface area (Å²) < 4.78 is 53.0. The number of hydrogen-bond acceptors (Lipinski definition) is 8. The number of likely N-dealkylation sites (tertiary alicyclic amines) is 2. The van der Waals surface area contributed by atoms with E-state index >= 15 is 4.39 Å². The Balaban J connectivity index is 1.06. The predicted octanol–water partition coefficient (Wildman–Crippen LogP) is 6.93. The molecule has 0 spiro atoms. The van der Waals surface area contributed by atoms with Gasteiger partial charge in [0.05, 0.1) is 50.6 Å². The number of hydrogen-bond donors (Lipinski definition) is 0. The van der Waals surface area contributed by atoms with Crippen molar-refractivity contribution in [2.45, 2.75) is 45.2 Å². The first-order valence-corrected chi connectivity index (χ1v) is 18.0. The van der Waals surface area contributed by atoms with Crippen molar-refractivity contribution in [1.29, 1.82) is 0 Å². The Bertz CT molecular complexity index is 2070. The highest BCUT2D eigenvalue weighted by Gasteiger charge is 2.47. The molecule has 4 heterocycles. The van der Waals surface area contributed by atoms with Gasteiger partial charge in [-0.05, 0) is 105 Å². The molecule has 7 rings (SSSR count). The Morgan fingerprint density at radius 2 is 1.68 bits per heavy atom. The Kier molecular flexibility index (Phi) is 10.5. The predicted molar refractivity (Wildman–Crippen MR) is 194 cm³/mol. The van der Waals surface area contributed by atoms with Gasteiger partial charge in [0.25, 0.3) is 0 Å². The number of ketones is 1. The highest BCUT2D eigenvalue weighted by molar-refractivity contribution is 5.98. The number of carbonyl (C=O) groups excluding carboxylic acids is 2. The number of aromatic nitrogens is 2. The SMILES string of the molecule is COc1cc(CN2CCC(CCN3CCC(C(=O)c4nc5ccccc5n4Cc4ccco4)CC3)(Cc3ccc(F)cc3F)C2=O)cc(OC)c1OC. The van der Waals surface area contributed by atoms with Gasteiger partial charge in [-0.1, -0.05) is 18.2 Å². The number of halogens is 2. The number of para-hydroxylation sites is 2. The van der Waals surface area contributed by atoms with Crippen LogP contribution in [0.25, 0.3) is 11.0 Å². The van der Waals surface area contributed by atoms with Crippen molar-refractivity contribution >= 4 is 22.7 Å². The quantitative estimate of drug-likeness (QED) is 0.114. The van der Waals surface area contributed by atoms with Crippen molar-refractivity contribution in [1.82, 2.24) is 19.4 Å². The minimum atomic E-state index is -0.886. The maximum absolute atomic E-state index is 15.1. The Morgan fingerprint density at radius 3 is 2.36 bits per heavy atom. The van der Waals surface area contributed by atoms with Crippen LogP contribution in [0.1, 0.15) is 53.2 Å². The number of methoxy groups -OCH3 is 3. The minimum absolute atomic E-state index is 0.0177. The number of Topliss-reactive ketones (excluding diaryl/α,β-unsaturated/α-hetero) is 1. The van der Waals surface area contributed by atoms with Crippen LogP contribution in [-0.2, 0) is 24.3 Å². The van der Waals surface area contributed by atoms with E-state index < -0.39 is 17.0 Å². The average Bonchev–Trinajstić information content (AvgIpc) is 3.90. The van der Waals surface area contributed by atoms with E-state index in [1.54, 1.807) is 25.4 Å². The monoisotopic (exact) mass is 726 g/mol. The summed E-state index contributed by atoms with van der Waals surface area (Å²) in [6.07, 6.45) is 4.11. The summed E-state index contributed by atoms with van der Waals surface area (Å²) in [6, 6.07) is 18.7. The molecule has 1 amide bonds. The van der Waals surface area contributed by atoms with Gasteiger partial charge < -0.3 is 33.0 Å². The Hall–Kier alpha value is -5.23. The number of benzene rings is 3. The van der Waals surface area contributed by atoms with Gasteiger partial charge in [0.15, 0.2) is 17.3 Å². The van der Waals surface area contributed by atoms with Crippen LogP contribution in [0.2, 0.25) is 0 Å². The zero-order valence-electron chi connectivity index (χ0n) is 30.3. The molecular weight excluding hydrogens is 682 g/mol. The lowest BCUT2D eigenvalue weighted by atomic mass is 9.76. The summed E-state index contributed by atoms with van der Waals surface area (Å²) >= 11 is 0. The van der Waals surface area contributed by atoms with Crippen molar-refractivity contribution in [3.8, 4) is 17.2 Å². The molecule has 5 aromatic rings. The molecule has 2 aliphatic heterocycles. The van der Waals surface area contributed by atoms with E-state index in [9.17, 15) is 14.0 Å². The van der Waals surface area contributed by atoms with Crippen LogP contribution in [0.5, 0.6) is 17.2 Å². The average molecular weight is 727 g/mol. The lowest BCUT2D eigenvalue weighted by molar-refractivity contribution is -0.137. The second-order valence-corrected chi connectivity index (χ2v) is 14.0. The van der Waals surface area contributed by atoms with Gasteiger partial charge in [-0.2, -0.15) is 0 Å². The van der Waals surface area contributed by atoms with Crippen LogP contribution in [0.15, 0.2) is 77.4 Å². The van der Waals surface area contributed by atoms with Crippen LogP contribution in [-0.4, -0.2) is 78.5 Å². The molecule has 10 nitrogen and oxygen atoms in total. The molecule has 1 atom stereocenters. The van der Waals surface area contributed by atoms with Crippen molar-refractivity contribution in [3.05, 3.63) is 107 Å². The number of ether oxygens (including phenoxy) is 3. The third-order valence-corrected chi connectivity index (χ3v) is 10.9. The van der Waals surface area contributed by atoms with Crippen molar-refractivity contribution in [3.63, 3.8) is 0 Å². The maximum atomic E-state index is 15.1. The lowest BCUT2D eigenvalue weighted by Gasteiger charge is -2.35. The summed E-state index contributed by atoms with van der Waals surface area (Å²) in [6.45, 7) is 3.16. The third-order valence-electron chi connectivity index (χ3n) is 10.9. The molecule has 1 unspecified atom stereocenters. The van der Waals surface area contributed by atoms with E-state index in [1.807, 2.05) is 53.1 Å². The fourth-order valence-corrected chi connectivity index (χ4v) is 7.96. The summed E-state index contributed by atoms with van der Waals surface area (Å²) in [4.78, 5) is 37.2. The maximum Gasteiger partial charge on any atom is 0.229 e. The second-order valence-electron chi connectivity index (χ2n) is 14.0. The van der Waals surface area contributed by atoms with Crippen molar-refractivity contribution in [2.75, 3.05) is 47.5 Å². The molecule has 3 aromatic carbocycles. The van der Waals surface area contributed by atoms with Gasteiger partial charge >= 0.3 is 0 Å². The normalized spacial score (nSPS) is 18.2. The molecule has 278 valence electrons. The van der Waals surface area contributed by atoms with Gasteiger partial charge in [0.1, 0.15) is 17.4 Å².